The molecule has 0 bridgehead atoms. The third-order valence-corrected chi connectivity index (χ3v) is 14.8. The van der Waals surface area contributed by atoms with Gasteiger partial charge in [0, 0.05) is 44.4 Å². The molecule has 10 aromatic carbocycles. The Kier molecular flexibility index (Phi) is 10.5. The molecular weight excluding hydrogens is 833 g/mol. The van der Waals surface area contributed by atoms with Crippen molar-refractivity contribution in [2.45, 2.75) is 46.0 Å². The lowest BCUT2D eigenvalue weighted by Crippen LogP contribution is -2.17. The molecule has 0 spiro atoms. The Morgan fingerprint density at radius 1 is 0.362 bits per heavy atom. The third-order valence-electron chi connectivity index (χ3n) is 14.8. The van der Waals surface area contributed by atoms with Gasteiger partial charge in [-0.1, -0.05) is 198 Å². The van der Waals surface area contributed by atoms with Crippen LogP contribution in [0.5, 0.6) is 0 Å². The van der Waals surface area contributed by atoms with E-state index in [1.165, 1.54) is 105 Å². The SMILES string of the molecule is CCc1ccc2c(c1)c1cc(CC)ccc1n2-c1ccc(-c2ccc(-c3ccc(N(c4ccc5c(c4)C(C)(C)c4ccccc4-5)c4c(-c5ccccc5)cccc4-c4ccccc4)cc3)cc2)cc1. The van der Waals surface area contributed by atoms with E-state index in [0.717, 1.165) is 29.9 Å². The molecule has 0 unspecified atom stereocenters. The van der Waals surface area contributed by atoms with Crippen LogP contribution in [0.2, 0.25) is 0 Å². The topological polar surface area (TPSA) is 8.17 Å². The van der Waals surface area contributed by atoms with Gasteiger partial charge in [-0.15, -0.1) is 0 Å². The molecule has 12 rings (SSSR count). The van der Waals surface area contributed by atoms with Gasteiger partial charge in [0.15, 0.2) is 0 Å². The van der Waals surface area contributed by atoms with Crippen molar-refractivity contribution in [3.63, 3.8) is 0 Å². The number of nitrogens with zero attached hydrogens (tertiary/aromatic N) is 2. The Morgan fingerprint density at radius 2 is 0.812 bits per heavy atom. The minimum atomic E-state index is -0.142. The second kappa shape index (κ2) is 17.1. The lowest BCUT2D eigenvalue weighted by molar-refractivity contribution is 0.660. The van der Waals surface area contributed by atoms with Gasteiger partial charge in [0.1, 0.15) is 0 Å². The number of rotatable bonds is 10. The number of fused-ring (bicyclic) bond motifs is 6. The van der Waals surface area contributed by atoms with Crippen LogP contribution in [0.15, 0.2) is 231 Å². The summed E-state index contributed by atoms with van der Waals surface area (Å²) in [5.74, 6) is 0. The second-order valence-corrected chi connectivity index (χ2v) is 19.1. The summed E-state index contributed by atoms with van der Waals surface area (Å²) in [4.78, 5) is 2.49. The average Bonchev–Trinajstić information content (AvgIpc) is 3.86. The third kappa shape index (κ3) is 7.27. The molecule has 0 radical (unpaired) electrons. The summed E-state index contributed by atoms with van der Waals surface area (Å²) in [6, 6.07) is 85.6. The van der Waals surface area contributed by atoms with Gasteiger partial charge in [0.2, 0.25) is 0 Å². The van der Waals surface area contributed by atoms with Crippen LogP contribution in [-0.2, 0) is 18.3 Å². The Labute approximate surface area is 406 Å². The Balaban J connectivity index is 0.914. The van der Waals surface area contributed by atoms with E-state index >= 15 is 0 Å². The molecule has 2 heteroatoms. The zero-order chi connectivity index (χ0) is 46.6. The molecular formula is C67H54N2. The molecule has 0 amide bonds. The minimum absolute atomic E-state index is 0.142. The van der Waals surface area contributed by atoms with E-state index in [1.54, 1.807) is 0 Å². The predicted molar refractivity (Wildman–Crippen MR) is 294 cm³/mol. The predicted octanol–water partition coefficient (Wildman–Crippen LogP) is 18.4. The highest BCUT2D eigenvalue weighted by atomic mass is 15.1. The van der Waals surface area contributed by atoms with Gasteiger partial charge >= 0.3 is 0 Å². The first-order valence-corrected chi connectivity index (χ1v) is 24.5. The fourth-order valence-electron chi connectivity index (χ4n) is 11.0. The lowest BCUT2D eigenvalue weighted by atomic mass is 9.82. The van der Waals surface area contributed by atoms with Crippen LogP contribution >= 0.6 is 0 Å². The average molecular weight is 887 g/mol. The van der Waals surface area contributed by atoms with Crippen LogP contribution in [0.4, 0.5) is 17.1 Å². The van der Waals surface area contributed by atoms with Crippen molar-refractivity contribution in [1.29, 1.82) is 0 Å². The second-order valence-electron chi connectivity index (χ2n) is 19.1. The van der Waals surface area contributed by atoms with Gasteiger partial charge in [-0.05, 0) is 140 Å². The molecule has 332 valence electrons. The Hall–Kier alpha value is -8.20. The first kappa shape index (κ1) is 42.2. The van der Waals surface area contributed by atoms with E-state index in [2.05, 4.69) is 268 Å². The summed E-state index contributed by atoms with van der Waals surface area (Å²) >= 11 is 0. The van der Waals surface area contributed by atoms with Gasteiger partial charge in [-0.2, -0.15) is 0 Å². The van der Waals surface area contributed by atoms with E-state index in [0.29, 0.717) is 0 Å². The molecule has 0 atom stereocenters. The van der Waals surface area contributed by atoms with Crippen molar-refractivity contribution in [3.8, 4) is 61.3 Å². The van der Waals surface area contributed by atoms with E-state index in [9.17, 15) is 0 Å². The van der Waals surface area contributed by atoms with Crippen LogP contribution in [0.25, 0.3) is 83.1 Å². The molecule has 0 N–H and O–H groups in total. The van der Waals surface area contributed by atoms with Crippen molar-refractivity contribution < 1.29 is 0 Å². The number of hydrogen-bond acceptors (Lipinski definition) is 1. The fourth-order valence-corrected chi connectivity index (χ4v) is 11.0. The van der Waals surface area contributed by atoms with Crippen LogP contribution in [0, 0.1) is 0 Å². The summed E-state index contributed by atoms with van der Waals surface area (Å²) in [5, 5.41) is 2.65. The highest BCUT2D eigenvalue weighted by molar-refractivity contribution is 6.10. The van der Waals surface area contributed by atoms with Crippen LogP contribution < -0.4 is 4.90 Å². The fraction of sp³-hybridized carbons (Fsp3) is 0.104. The number of hydrogen-bond donors (Lipinski definition) is 0. The number of para-hydroxylation sites is 1. The summed E-state index contributed by atoms with van der Waals surface area (Å²) in [6.07, 6.45) is 2.05. The van der Waals surface area contributed by atoms with Crippen LogP contribution in [-0.4, -0.2) is 4.57 Å². The zero-order valence-electron chi connectivity index (χ0n) is 39.7. The van der Waals surface area contributed by atoms with Crippen molar-refractivity contribution >= 4 is 38.9 Å². The van der Waals surface area contributed by atoms with E-state index in [1.807, 2.05) is 0 Å². The molecule has 69 heavy (non-hydrogen) atoms. The largest absolute Gasteiger partial charge is 0.309 e. The van der Waals surface area contributed by atoms with E-state index < -0.39 is 0 Å². The maximum Gasteiger partial charge on any atom is 0.0618 e. The summed E-state index contributed by atoms with van der Waals surface area (Å²) in [6.45, 7) is 9.20. The van der Waals surface area contributed by atoms with Gasteiger partial charge in [0.05, 0.1) is 16.7 Å². The highest BCUT2D eigenvalue weighted by Gasteiger charge is 2.36. The van der Waals surface area contributed by atoms with Crippen molar-refractivity contribution in [3.05, 3.63) is 253 Å². The molecule has 0 fully saturated rings. The molecule has 0 saturated heterocycles. The monoisotopic (exact) mass is 886 g/mol. The summed E-state index contributed by atoms with van der Waals surface area (Å²) < 4.78 is 2.42. The Morgan fingerprint density at radius 3 is 1.35 bits per heavy atom. The van der Waals surface area contributed by atoms with Gasteiger partial charge in [0.25, 0.3) is 0 Å². The first-order valence-electron chi connectivity index (χ1n) is 24.5. The minimum Gasteiger partial charge on any atom is -0.309 e. The van der Waals surface area contributed by atoms with E-state index in [-0.39, 0.29) is 5.41 Å². The molecule has 1 aliphatic carbocycles. The first-order chi connectivity index (χ1) is 33.9. The van der Waals surface area contributed by atoms with Crippen molar-refractivity contribution in [2.75, 3.05) is 4.90 Å². The molecule has 0 saturated carbocycles. The van der Waals surface area contributed by atoms with Crippen LogP contribution in [0.3, 0.4) is 0 Å². The normalized spacial score (nSPS) is 12.6. The molecule has 1 aromatic heterocycles. The quantitative estimate of drug-likeness (QED) is 0.133. The molecule has 2 nitrogen and oxygen atoms in total. The molecule has 0 aliphatic heterocycles. The van der Waals surface area contributed by atoms with Crippen molar-refractivity contribution in [1.82, 2.24) is 4.57 Å². The lowest BCUT2D eigenvalue weighted by Gasteiger charge is -2.32. The number of aryl methyl sites for hydroxylation is 2. The van der Waals surface area contributed by atoms with Crippen LogP contribution in [0.1, 0.15) is 49.9 Å². The zero-order valence-corrected chi connectivity index (χ0v) is 39.7. The standard InChI is InChI=1S/C67H54N2/c1-5-45-24-40-64-60(42-45)61-43-46(6-2)25-41-65(61)69(64)54-36-32-50(33-37-54)48-28-26-47(27-29-48)49-30-34-53(35-31-49)68(55-38-39-59-58-20-13-14-23-62(58)67(3,4)63(59)44-55)66-56(51-16-9-7-10-17-51)21-15-22-57(66)52-18-11-8-12-19-52/h7-44H,5-6H2,1-4H3. The summed E-state index contributed by atoms with van der Waals surface area (Å²) in [5.41, 5.74) is 24.5. The van der Waals surface area contributed by atoms with Gasteiger partial charge in [-0.3, -0.25) is 0 Å². The molecule has 1 heterocycles. The number of anilines is 3. The molecule has 1 aliphatic rings. The molecule has 11 aromatic rings. The Bertz CT molecular complexity index is 3550. The van der Waals surface area contributed by atoms with Gasteiger partial charge in [-0.25, -0.2) is 0 Å². The van der Waals surface area contributed by atoms with Gasteiger partial charge < -0.3 is 9.47 Å². The maximum absolute atomic E-state index is 2.49. The smallest absolute Gasteiger partial charge is 0.0618 e. The highest BCUT2D eigenvalue weighted by Crippen LogP contribution is 2.52. The maximum atomic E-state index is 2.49. The number of aromatic nitrogens is 1. The number of benzene rings is 10. The van der Waals surface area contributed by atoms with E-state index in [4.69, 9.17) is 0 Å². The summed E-state index contributed by atoms with van der Waals surface area (Å²) in [7, 11) is 0. The van der Waals surface area contributed by atoms with Crippen molar-refractivity contribution in [2.24, 2.45) is 0 Å².